The molecule has 3 nitrogen and oxygen atoms in total. The largest absolute Gasteiger partial charge is 0.325 e. The molecule has 0 bridgehead atoms. The molecule has 0 spiro atoms. The maximum atomic E-state index is 11.9. The maximum absolute atomic E-state index is 11.9. The van der Waals surface area contributed by atoms with E-state index >= 15 is 0 Å². The number of carbonyl (C=O) groups excluding carboxylic acids is 1. The minimum atomic E-state index is 0.0889. The summed E-state index contributed by atoms with van der Waals surface area (Å²) in [4.78, 5) is 15.9. The van der Waals surface area contributed by atoms with Gasteiger partial charge in [-0.2, -0.15) is 0 Å². The lowest BCUT2D eigenvalue weighted by Crippen LogP contribution is -2.16. The van der Waals surface area contributed by atoms with Gasteiger partial charge in [-0.05, 0) is 30.9 Å². The molecular weight excluding hydrogens is 248 g/mol. The van der Waals surface area contributed by atoms with E-state index in [1.54, 1.807) is 18.3 Å². The van der Waals surface area contributed by atoms with Gasteiger partial charge in [0.1, 0.15) is 5.15 Å². The number of nitrogens with one attached hydrogen (secondary N) is 1. The fourth-order valence-electron chi connectivity index (χ4n) is 2.49. The van der Waals surface area contributed by atoms with Crippen molar-refractivity contribution in [3.05, 3.63) is 23.5 Å². The van der Waals surface area contributed by atoms with Crippen LogP contribution in [0.3, 0.4) is 0 Å². The molecule has 1 saturated carbocycles. The Morgan fingerprint density at radius 3 is 2.61 bits per heavy atom. The van der Waals surface area contributed by atoms with Gasteiger partial charge in [0.2, 0.25) is 5.91 Å². The van der Waals surface area contributed by atoms with Crippen molar-refractivity contribution >= 4 is 23.2 Å². The van der Waals surface area contributed by atoms with Gasteiger partial charge < -0.3 is 5.32 Å². The highest BCUT2D eigenvalue weighted by molar-refractivity contribution is 6.29. The average molecular weight is 267 g/mol. The number of halogens is 1. The number of pyridine rings is 1. The topological polar surface area (TPSA) is 42.0 Å². The highest BCUT2D eigenvalue weighted by Gasteiger charge is 2.16. The van der Waals surface area contributed by atoms with E-state index in [4.69, 9.17) is 11.6 Å². The van der Waals surface area contributed by atoms with Crippen LogP contribution in [-0.4, -0.2) is 10.9 Å². The quantitative estimate of drug-likeness (QED) is 0.663. The molecule has 0 unspecified atom stereocenters. The molecule has 1 aromatic rings. The third-order valence-electron chi connectivity index (χ3n) is 3.46. The zero-order valence-corrected chi connectivity index (χ0v) is 11.2. The van der Waals surface area contributed by atoms with Crippen LogP contribution in [0.4, 0.5) is 5.69 Å². The minimum Gasteiger partial charge on any atom is -0.325 e. The standard InChI is InChI=1S/C14H19ClN2O/c15-13-8-7-12(10-16-13)17-14(18)9-11-5-3-1-2-4-6-11/h7-8,10-11H,1-6,9H2,(H,17,18). The number of hydrogen-bond donors (Lipinski definition) is 1. The first-order valence-corrected chi connectivity index (χ1v) is 7.03. The predicted octanol–water partition coefficient (Wildman–Crippen LogP) is 4.03. The van der Waals surface area contributed by atoms with E-state index in [1.807, 2.05) is 0 Å². The van der Waals surface area contributed by atoms with E-state index in [2.05, 4.69) is 10.3 Å². The molecule has 1 aliphatic carbocycles. The zero-order chi connectivity index (χ0) is 12.8. The summed E-state index contributed by atoms with van der Waals surface area (Å²) in [5.74, 6) is 0.638. The number of rotatable bonds is 3. The molecule has 0 aromatic carbocycles. The van der Waals surface area contributed by atoms with Gasteiger partial charge in [0.15, 0.2) is 0 Å². The normalized spacial score (nSPS) is 17.2. The number of anilines is 1. The first kappa shape index (κ1) is 13.3. The van der Waals surface area contributed by atoms with Gasteiger partial charge in [0.05, 0.1) is 11.9 Å². The van der Waals surface area contributed by atoms with Gasteiger partial charge in [-0.15, -0.1) is 0 Å². The van der Waals surface area contributed by atoms with Crippen molar-refractivity contribution < 1.29 is 4.79 Å². The monoisotopic (exact) mass is 266 g/mol. The van der Waals surface area contributed by atoms with Crippen LogP contribution in [0.1, 0.15) is 44.9 Å². The Balaban J connectivity index is 1.82. The van der Waals surface area contributed by atoms with Crippen molar-refractivity contribution in [3.8, 4) is 0 Å². The molecule has 0 radical (unpaired) electrons. The lowest BCUT2D eigenvalue weighted by Gasteiger charge is -2.13. The molecule has 1 heterocycles. The molecule has 0 saturated heterocycles. The number of hydrogen-bond acceptors (Lipinski definition) is 2. The van der Waals surface area contributed by atoms with Crippen LogP contribution < -0.4 is 5.32 Å². The Kier molecular flexibility index (Phi) is 5.00. The van der Waals surface area contributed by atoms with Crippen LogP contribution in [0.25, 0.3) is 0 Å². The van der Waals surface area contributed by atoms with Gasteiger partial charge in [-0.1, -0.05) is 37.3 Å². The Bertz CT molecular complexity index is 383. The minimum absolute atomic E-state index is 0.0889. The molecule has 1 N–H and O–H groups in total. The average Bonchev–Trinajstić information content (AvgIpc) is 2.61. The van der Waals surface area contributed by atoms with Crippen LogP contribution in [0.15, 0.2) is 18.3 Å². The first-order valence-electron chi connectivity index (χ1n) is 6.65. The summed E-state index contributed by atoms with van der Waals surface area (Å²) in [7, 11) is 0. The molecular formula is C14H19ClN2O. The van der Waals surface area contributed by atoms with E-state index in [1.165, 1.54) is 38.5 Å². The van der Waals surface area contributed by atoms with Crippen LogP contribution in [0.2, 0.25) is 5.15 Å². The third-order valence-corrected chi connectivity index (χ3v) is 3.68. The van der Waals surface area contributed by atoms with Crippen molar-refractivity contribution in [1.82, 2.24) is 4.98 Å². The molecule has 1 fully saturated rings. The molecule has 1 aromatic heterocycles. The van der Waals surface area contributed by atoms with E-state index < -0.39 is 0 Å². The molecule has 4 heteroatoms. The predicted molar refractivity (Wildman–Crippen MR) is 73.7 cm³/mol. The second kappa shape index (κ2) is 6.74. The first-order chi connectivity index (χ1) is 8.74. The Labute approximate surface area is 113 Å². The number of carbonyl (C=O) groups is 1. The molecule has 98 valence electrons. The number of aromatic nitrogens is 1. The maximum Gasteiger partial charge on any atom is 0.224 e. The Hall–Kier alpha value is -1.09. The summed E-state index contributed by atoms with van der Waals surface area (Å²) in [5.41, 5.74) is 0.720. The highest BCUT2D eigenvalue weighted by Crippen LogP contribution is 2.25. The molecule has 2 rings (SSSR count). The second-order valence-corrected chi connectivity index (χ2v) is 5.37. The molecule has 1 aliphatic rings. The summed E-state index contributed by atoms with van der Waals surface area (Å²) in [6.45, 7) is 0. The summed E-state index contributed by atoms with van der Waals surface area (Å²) >= 11 is 5.70. The van der Waals surface area contributed by atoms with Crippen LogP contribution in [0, 0.1) is 5.92 Å². The van der Waals surface area contributed by atoms with Crippen molar-refractivity contribution in [3.63, 3.8) is 0 Å². The lowest BCUT2D eigenvalue weighted by molar-refractivity contribution is -0.117. The fourth-order valence-corrected chi connectivity index (χ4v) is 2.60. The summed E-state index contributed by atoms with van der Waals surface area (Å²) < 4.78 is 0. The second-order valence-electron chi connectivity index (χ2n) is 4.98. The molecule has 1 amide bonds. The van der Waals surface area contributed by atoms with Gasteiger partial charge in [-0.25, -0.2) is 4.98 Å². The van der Waals surface area contributed by atoms with E-state index in [0.29, 0.717) is 17.5 Å². The molecule has 18 heavy (non-hydrogen) atoms. The summed E-state index contributed by atoms with van der Waals surface area (Å²) in [5, 5.41) is 3.32. The number of nitrogens with zero attached hydrogens (tertiary/aromatic N) is 1. The van der Waals surface area contributed by atoms with Gasteiger partial charge in [0, 0.05) is 6.42 Å². The van der Waals surface area contributed by atoms with Gasteiger partial charge in [0.25, 0.3) is 0 Å². The van der Waals surface area contributed by atoms with Crippen molar-refractivity contribution in [1.29, 1.82) is 0 Å². The van der Waals surface area contributed by atoms with E-state index in [-0.39, 0.29) is 5.91 Å². The molecule has 0 aliphatic heterocycles. The zero-order valence-electron chi connectivity index (χ0n) is 10.5. The van der Waals surface area contributed by atoms with Crippen molar-refractivity contribution in [2.24, 2.45) is 5.92 Å². The van der Waals surface area contributed by atoms with Crippen LogP contribution >= 0.6 is 11.6 Å². The SMILES string of the molecule is O=C(CC1CCCCCC1)Nc1ccc(Cl)nc1. The smallest absolute Gasteiger partial charge is 0.224 e. The third kappa shape index (κ3) is 4.30. The summed E-state index contributed by atoms with van der Waals surface area (Å²) in [6, 6.07) is 3.46. The van der Waals surface area contributed by atoms with Crippen LogP contribution in [-0.2, 0) is 4.79 Å². The number of amides is 1. The Morgan fingerprint density at radius 1 is 1.28 bits per heavy atom. The lowest BCUT2D eigenvalue weighted by atomic mass is 9.96. The fraction of sp³-hybridized carbons (Fsp3) is 0.571. The van der Waals surface area contributed by atoms with E-state index in [0.717, 1.165) is 5.69 Å². The summed E-state index contributed by atoms with van der Waals surface area (Å²) in [6.07, 6.45) is 9.76. The van der Waals surface area contributed by atoms with Gasteiger partial charge >= 0.3 is 0 Å². The van der Waals surface area contributed by atoms with Crippen molar-refractivity contribution in [2.75, 3.05) is 5.32 Å². The van der Waals surface area contributed by atoms with Gasteiger partial charge in [-0.3, -0.25) is 4.79 Å². The molecule has 0 atom stereocenters. The van der Waals surface area contributed by atoms with E-state index in [9.17, 15) is 4.79 Å². The Morgan fingerprint density at radius 2 is 2.00 bits per heavy atom. The highest BCUT2D eigenvalue weighted by atomic mass is 35.5. The van der Waals surface area contributed by atoms with Crippen molar-refractivity contribution in [2.45, 2.75) is 44.9 Å². The van der Waals surface area contributed by atoms with Crippen LogP contribution in [0.5, 0.6) is 0 Å².